The molecule has 37 heavy (non-hydrogen) atoms. The molecule has 0 radical (unpaired) electrons. The predicted molar refractivity (Wildman–Crippen MR) is 141 cm³/mol. The number of benzene rings is 2. The van der Waals surface area contributed by atoms with Crippen LogP contribution in [-0.2, 0) is 16.6 Å². The molecule has 0 amide bonds. The summed E-state index contributed by atoms with van der Waals surface area (Å²) in [5, 5.41) is 0.477. The molecule has 2 aromatic carbocycles. The summed E-state index contributed by atoms with van der Waals surface area (Å²) in [6.45, 7) is 4.67. The van der Waals surface area contributed by atoms with Gasteiger partial charge in [-0.3, -0.25) is 14.7 Å². The maximum absolute atomic E-state index is 14.1. The van der Waals surface area contributed by atoms with E-state index in [0.29, 0.717) is 55.1 Å². The number of hydrogen-bond donors (Lipinski definition) is 1. The minimum absolute atomic E-state index is 0.203. The number of anilines is 2. The largest absolute Gasteiger partial charge is 0.367 e. The van der Waals surface area contributed by atoms with E-state index in [4.69, 9.17) is 11.6 Å². The van der Waals surface area contributed by atoms with E-state index >= 15 is 0 Å². The average Bonchev–Trinajstić information content (AvgIpc) is 2.89. The zero-order chi connectivity index (χ0) is 26.0. The summed E-state index contributed by atoms with van der Waals surface area (Å²) >= 11 is 5.89. The van der Waals surface area contributed by atoms with Crippen molar-refractivity contribution < 1.29 is 12.8 Å². The Kier molecular flexibility index (Phi) is 7.47. The number of nitrogens with zero attached hydrogens (tertiary/aromatic N) is 5. The van der Waals surface area contributed by atoms with Gasteiger partial charge in [0.05, 0.1) is 16.3 Å². The van der Waals surface area contributed by atoms with Gasteiger partial charge < -0.3 is 9.80 Å². The van der Waals surface area contributed by atoms with Crippen LogP contribution in [0.15, 0.2) is 64.3 Å². The molecule has 9 nitrogen and oxygen atoms in total. The highest BCUT2D eigenvalue weighted by Crippen LogP contribution is 2.22. The third kappa shape index (κ3) is 5.80. The van der Waals surface area contributed by atoms with Gasteiger partial charge in [0.1, 0.15) is 5.82 Å². The van der Waals surface area contributed by atoms with E-state index in [9.17, 15) is 17.6 Å². The highest BCUT2D eigenvalue weighted by Gasteiger charge is 2.29. The van der Waals surface area contributed by atoms with E-state index in [1.165, 1.54) is 28.6 Å². The maximum Gasteiger partial charge on any atom is 0.252 e. The van der Waals surface area contributed by atoms with E-state index in [1.807, 2.05) is 15.9 Å². The lowest BCUT2D eigenvalue weighted by Gasteiger charge is -2.36. The molecular weight excluding hydrogens is 519 g/mol. The number of piperazine rings is 2. The smallest absolute Gasteiger partial charge is 0.252 e. The van der Waals surface area contributed by atoms with Crippen LogP contribution in [0.4, 0.5) is 16.0 Å². The van der Waals surface area contributed by atoms with Crippen molar-refractivity contribution in [2.45, 2.75) is 11.4 Å². The lowest BCUT2D eigenvalue weighted by atomic mass is 10.2. The Hall–Kier alpha value is -2.99. The molecule has 12 heteroatoms. The summed E-state index contributed by atoms with van der Waals surface area (Å²) < 4.78 is 41.5. The number of nitrogens with one attached hydrogen (secondary N) is 1. The van der Waals surface area contributed by atoms with Gasteiger partial charge in [0.25, 0.3) is 5.56 Å². The number of aromatic amines is 1. The van der Waals surface area contributed by atoms with Crippen LogP contribution in [-0.4, -0.2) is 79.9 Å². The number of halogens is 2. The number of rotatable bonds is 6. The Morgan fingerprint density at radius 3 is 2.22 bits per heavy atom. The minimum atomic E-state index is -3.63. The fourth-order valence-corrected chi connectivity index (χ4v) is 6.25. The first-order chi connectivity index (χ1) is 17.8. The van der Waals surface area contributed by atoms with Gasteiger partial charge in [-0.1, -0.05) is 23.7 Å². The second-order valence-corrected chi connectivity index (χ2v) is 11.5. The van der Waals surface area contributed by atoms with Gasteiger partial charge in [-0.2, -0.15) is 4.31 Å². The molecule has 1 N–H and O–H groups in total. The molecule has 0 unspecified atom stereocenters. The van der Waals surface area contributed by atoms with Crippen LogP contribution >= 0.6 is 11.6 Å². The third-order valence-corrected chi connectivity index (χ3v) is 8.89. The first-order valence-electron chi connectivity index (χ1n) is 12.1. The molecule has 1 aromatic heterocycles. The molecule has 0 saturated carbocycles. The highest BCUT2D eigenvalue weighted by molar-refractivity contribution is 7.89. The Morgan fingerprint density at radius 1 is 0.892 bits per heavy atom. The van der Waals surface area contributed by atoms with Gasteiger partial charge in [-0.05, 0) is 36.4 Å². The van der Waals surface area contributed by atoms with E-state index in [-0.39, 0.29) is 29.4 Å². The average molecular weight is 547 g/mol. The number of para-hydroxylation sites is 1. The normalized spacial score (nSPS) is 17.8. The van der Waals surface area contributed by atoms with Crippen molar-refractivity contribution in [3.05, 3.63) is 81.5 Å². The molecule has 2 saturated heterocycles. The summed E-state index contributed by atoms with van der Waals surface area (Å²) in [5.41, 5.74) is 1.01. The molecule has 3 aromatic rings. The van der Waals surface area contributed by atoms with Crippen LogP contribution in [0.5, 0.6) is 0 Å². The molecule has 3 heterocycles. The van der Waals surface area contributed by atoms with Crippen molar-refractivity contribution in [3.63, 3.8) is 0 Å². The monoisotopic (exact) mass is 546 g/mol. The number of sulfonamides is 1. The Morgan fingerprint density at radius 2 is 1.54 bits per heavy atom. The van der Waals surface area contributed by atoms with E-state index < -0.39 is 10.0 Å². The summed E-state index contributed by atoms with van der Waals surface area (Å²) in [6.07, 6.45) is 0. The van der Waals surface area contributed by atoms with E-state index in [2.05, 4.69) is 14.9 Å². The van der Waals surface area contributed by atoms with Crippen molar-refractivity contribution in [1.29, 1.82) is 0 Å². The van der Waals surface area contributed by atoms with Crippen molar-refractivity contribution >= 4 is 33.3 Å². The summed E-state index contributed by atoms with van der Waals surface area (Å²) in [6, 6.07) is 14.4. The SMILES string of the molecule is O=c1cc(CN2CCN(c3ccccc3F)CC2)nc(N2CCN(S(=O)(=O)c3ccc(Cl)cc3)CC2)[nH]1. The molecule has 0 atom stereocenters. The number of hydrogen-bond acceptors (Lipinski definition) is 7. The first-order valence-corrected chi connectivity index (χ1v) is 13.9. The molecular formula is C25H28ClFN6O3S. The zero-order valence-corrected chi connectivity index (χ0v) is 21.8. The summed E-state index contributed by atoms with van der Waals surface area (Å²) in [5.74, 6) is 0.217. The Bertz CT molecular complexity index is 1400. The topological polar surface area (TPSA) is 92.8 Å². The van der Waals surface area contributed by atoms with Crippen LogP contribution in [0.25, 0.3) is 0 Å². The summed E-state index contributed by atoms with van der Waals surface area (Å²) in [7, 11) is -3.63. The van der Waals surface area contributed by atoms with Crippen molar-refractivity contribution in [2.75, 3.05) is 62.2 Å². The number of aromatic nitrogens is 2. The Labute approximate surface area is 220 Å². The Balaban J connectivity index is 1.20. The van der Waals surface area contributed by atoms with Crippen LogP contribution in [0.3, 0.4) is 0 Å². The quantitative estimate of drug-likeness (QED) is 0.507. The van der Waals surface area contributed by atoms with E-state index in [1.54, 1.807) is 24.3 Å². The van der Waals surface area contributed by atoms with Gasteiger partial charge in [-0.25, -0.2) is 17.8 Å². The molecule has 0 spiro atoms. The van der Waals surface area contributed by atoms with E-state index in [0.717, 1.165) is 13.1 Å². The predicted octanol–water partition coefficient (Wildman–Crippen LogP) is 2.40. The zero-order valence-electron chi connectivity index (χ0n) is 20.2. The lowest BCUT2D eigenvalue weighted by Crippen LogP contribution is -2.49. The minimum Gasteiger partial charge on any atom is -0.367 e. The second-order valence-electron chi connectivity index (χ2n) is 9.12. The fourth-order valence-electron chi connectivity index (χ4n) is 4.70. The summed E-state index contributed by atoms with van der Waals surface area (Å²) in [4.78, 5) is 26.2. The van der Waals surface area contributed by atoms with Gasteiger partial charge in [0.15, 0.2) is 0 Å². The number of H-pyrrole nitrogens is 1. The molecule has 0 aliphatic carbocycles. The molecule has 0 bridgehead atoms. The van der Waals surface area contributed by atoms with Crippen LogP contribution in [0, 0.1) is 5.82 Å². The molecule has 5 rings (SSSR count). The standard InChI is InChI=1S/C25H28ClFN6O3S/c26-19-5-7-21(8-6-19)37(35,36)33-15-13-32(14-16-33)25-28-20(17-24(34)29-25)18-30-9-11-31(12-10-30)23-4-2-1-3-22(23)27/h1-8,17H,9-16,18H2,(H,28,29,34). The highest BCUT2D eigenvalue weighted by atomic mass is 35.5. The molecule has 2 aliphatic heterocycles. The van der Waals surface area contributed by atoms with Crippen molar-refractivity contribution in [3.8, 4) is 0 Å². The van der Waals surface area contributed by atoms with Crippen molar-refractivity contribution in [1.82, 2.24) is 19.2 Å². The van der Waals surface area contributed by atoms with Gasteiger partial charge in [0, 0.05) is 70.0 Å². The van der Waals surface area contributed by atoms with Crippen LogP contribution in [0.1, 0.15) is 5.69 Å². The molecule has 2 aliphatic rings. The van der Waals surface area contributed by atoms with Crippen LogP contribution < -0.4 is 15.4 Å². The van der Waals surface area contributed by atoms with Gasteiger partial charge >= 0.3 is 0 Å². The fraction of sp³-hybridized carbons (Fsp3) is 0.360. The molecule has 196 valence electrons. The lowest BCUT2D eigenvalue weighted by molar-refractivity contribution is 0.246. The second kappa shape index (κ2) is 10.8. The van der Waals surface area contributed by atoms with Gasteiger partial charge in [0.2, 0.25) is 16.0 Å². The third-order valence-electron chi connectivity index (χ3n) is 6.72. The van der Waals surface area contributed by atoms with Crippen LogP contribution in [0.2, 0.25) is 5.02 Å². The van der Waals surface area contributed by atoms with Crippen molar-refractivity contribution in [2.24, 2.45) is 0 Å². The molecule has 2 fully saturated rings. The first kappa shape index (κ1) is 25.7. The maximum atomic E-state index is 14.1. The van der Waals surface area contributed by atoms with Gasteiger partial charge in [-0.15, -0.1) is 0 Å².